The third-order valence-electron chi connectivity index (χ3n) is 9.34. The van der Waals surface area contributed by atoms with Gasteiger partial charge < -0.3 is 29.3 Å². The number of rotatable bonds is 7. The van der Waals surface area contributed by atoms with Gasteiger partial charge in [0.15, 0.2) is 0 Å². The number of ether oxygens (including phenoxy) is 1. The molecule has 3 aliphatic heterocycles. The SMILES string of the molecule is C/C=C(/Nc1ccc(N2CCN(C3COC3)CC2)cn1)C(=O)N(C)C(C)N1CCn2c(cc3c2CC(C)(C)C3)C1=O. The number of likely N-dealkylation sites (N-methyl/N-ethyl adjacent to an activating group) is 1. The molecule has 5 heterocycles. The molecule has 10 heteroatoms. The first-order valence-electron chi connectivity index (χ1n) is 14.9. The molecule has 0 spiro atoms. The molecule has 220 valence electrons. The maximum Gasteiger partial charge on any atom is 0.272 e. The number of amides is 2. The van der Waals surface area contributed by atoms with Crippen LogP contribution in [0.1, 0.15) is 49.4 Å². The number of nitrogens with one attached hydrogen (secondary N) is 1. The lowest BCUT2D eigenvalue weighted by molar-refractivity contribution is -0.130. The second-order valence-corrected chi connectivity index (χ2v) is 12.7. The Morgan fingerprint density at radius 3 is 2.54 bits per heavy atom. The minimum Gasteiger partial charge on any atom is -0.378 e. The molecule has 1 aliphatic carbocycles. The standard InChI is InChI=1S/C31H43N7O3/c1-6-25(33-28-8-7-23(18-32-28)35-9-11-36(12-10-35)24-19-41-20-24)29(39)34(5)21(2)37-13-14-38-26(30(37)40)15-22-16-31(3,4)17-27(22)38/h6-8,15,18,21,24H,9-14,16-17,19-20H2,1-5H3,(H,32,33)/b25-6+. The molecule has 1 N–H and O–H groups in total. The lowest BCUT2D eigenvalue weighted by atomic mass is 9.90. The normalized spacial score (nSPS) is 21.8. The number of pyridine rings is 1. The molecule has 6 rings (SSSR count). The van der Waals surface area contributed by atoms with Crippen LogP contribution in [0.3, 0.4) is 0 Å². The smallest absolute Gasteiger partial charge is 0.272 e. The first kappa shape index (κ1) is 27.8. The molecule has 2 saturated heterocycles. The second kappa shape index (κ2) is 10.8. The average molecular weight is 562 g/mol. The van der Waals surface area contributed by atoms with Crippen LogP contribution in [0, 0.1) is 5.41 Å². The number of carbonyl (C=O) groups excluding carboxylic acids is 2. The van der Waals surface area contributed by atoms with E-state index in [1.807, 2.05) is 31.0 Å². The summed E-state index contributed by atoms with van der Waals surface area (Å²) in [6.45, 7) is 15.3. The number of carbonyl (C=O) groups is 2. The second-order valence-electron chi connectivity index (χ2n) is 12.7. The van der Waals surface area contributed by atoms with E-state index in [0.29, 0.717) is 24.1 Å². The molecule has 10 nitrogen and oxygen atoms in total. The highest BCUT2D eigenvalue weighted by molar-refractivity contribution is 5.97. The van der Waals surface area contributed by atoms with Gasteiger partial charge in [-0.3, -0.25) is 14.5 Å². The maximum atomic E-state index is 13.5. The lowest BCUT2D eigenvalue weighted by Crippen LogP contribution is -2.56. The number of piperazine rings is 1. The van der Waals surface area contributed by atoms with E-state index in [-0.39, 0.29) is 23.4 Å². The molecule has 0 radical (unpaired) electrons. The zero-order valence-corrected chi connectivity index (χ0v) is 25.0. The molecule has 0 aromatic carbocycles. The average Bonchev–Trinajstić information content (AvgIpc) is 3.43. The van der Waals surface area contributed by atoms with Crippen LogP contribution in [0.25, 0.3) is 0 Å². The van der Waals surface area contributed by atoms with Gasteiger partial charge in [0.1, 0.15) is 23.4 Å². The summed E-state index contributed by atoms with van der Waals surface area (Å²) in [7, 11) is 1.76. The van der Waals surface area contributed by atoms with Gasteiger partial charge in [0.05, 0.1) is 31.1 Å². The molecule has 1 unspecified atom stereocenters. The molecular formula is C31H43N7O3. The van der Waals surface area contributed by atoms with E-state index < -0.39 is 0 Å². The van der Waals surface area contributed by atoms with Crippen molar-refractivity contribution in [2.75, 3.05) is 63.2 Å². The summed E-state index contributed by atoms with van der Waals surface area (Å²) < 4.78 is 7.54. The van der Waals surface area contributed by atoms with Gasteiger partial charge in [0, 0.05) is 52.0 Å². The molecule has 0 saturated carbocycles. The highest BCUT2D eigenvalue weighted by Crippen LogP contribution is 2.39. The van der Waals surface area contributed by atoms with Gasteiger partial charge in [-0.05, 0) is 55.9 Å². The number of nitrogens with zero attached hydrogens (tertiary/aromatic N) is 6. The predicted molar refractivity (Wildman–Crippen MR) is 159 cm³/mol. The van der Waals surface area contributed by atoms with Gasteiger partial charge in [0.2, 0.25) is 0 Å². The van der Waals surface area contributed by atoms with E-state index >= 15 is 0 Å². The fourth-order valence-corrected chi connectivity index (χ4v) is 6.67. The Balaban J connectivity index is 1.06. The third-order valence-corrected chi connectivity index (χ3v) is 9.34. The van der Waals surface area contributed by atoms with E-state index in [0.717, 1.165) is 70.2 Å². The number of anilines is 2. The summed E-state index contributed by atoms with van der Waals surface area (Å²) >= 11 is 0. The minimum absolute atomic E-state index is 0.00953. The molecule has 1 atom stereocenters. The van der Waals surface area contributed by atoms with Crippen molar-refractivity contribution < 1.29 is 14.3 Å². The van der Waals surface area contributed by atoms with Crippen molar-refractivity contribution in [3.05, 3.63) is 53.1 Å². The largest absolute Gasteiger partial charge is 0.378 e. The fourth-order valence-electron chi connectivity index (χ4n) is 6.67. The highest BCUT2D eigenvalue weighted by Gasteiger charge is 2.38. The summed E-state index contributed by atoms with van der Waals surface area (Å²) in [5, 5.41) is 3.21. The molecule has 2 amide bonds. The van der Waals surface area contributed by atoms with Crippen LogP contribution in [0.15, 0.2) is 36.2 Å². The quantitative estimate of drug-likeness (QED) is 0.521. The van der Waals surface area contributed by atoms with Gasteiger partial charge in [0.25, 0.3) is 11.8 Å². The predicted octanol–water partition coefficient (Wildman–Crippen LogP) is 2.80. The van der Waals surface area contributed by atoms with Crippen molar-refractivity contribution in [1.29, 1.82) is 0 Å². The number of fused-ring (bicyclic) bond motifs is 3. The van der Waals surface area contributed by atoms with Crippen LogP contribution in [0.2, 0.25) is 0 Å². The van der Waals surface area contributed by atoms with Crippen molar-refractivity contribution in [1.82, 2.24) is 24.3 Å². The van der Waals surface area contributed by atoms with Crippen molar-refractivity contribution in [3.8, 4) is 0 Å². The Kier molecular flexibility index (Phi) is 7.32. The Morgan fingerprint density at radius 1 is 1.15 bits per heavy atom. The van der Waals surface area contributed by atoms with Gasteiger partial charge in [-0.1, -0.05) is 19.9 Å². The van der Waals surface area contributed by atoms with Gasteiger partial charge >= 0.3 is 0 Å². The minimum atomic E-state index is -0.387. The summed E-state index contributed by atoms with van der Waals surface area (Å²) in [5.74, 6) is 0.426. The third kappa shape index (κ3) is 5.23. The van der Waals surface area contributed by atoms with Gasteiger partial charge in [-0.25, -0.2) is 4.98 Å². The highest BCUT2D eigenvalue weighted by atomic mass is 16.5. The molecular weight excluding hydrogens is 518 g/mol. The Hall–Kier alpha value is -3.37. The van der Waals surface area contributed by atoms with E-state index in [1.54, 1.807) is 18.0 Å². The van der Waals surface area contributed by atoms with Crippen LogP contribution in [0.4, 0.5) is 11.5 Å². The number of hydrogen-bond donors (Lipinski definition) is 1. The summed E-state index contributed by atoms with van der Waals surface area (Å²) in [6.07, 6.45) is 5.25. The van der Waals surface area contributed by atoms with Gasteiger partial charge in [-0.15, -0.1) is 0 Å². The molecule has 2 aromatic rings. The lowest BCUT2D eigenvalue weighted by Gasteiger charge is -2.43. The molecule has 0 bridgehead atoms. The first-order valence-corrected chi connectivity index (χ1v) is 14.9. The van der Waals surface area contributed by atoms with E-state index in [4.69, 9.17) is 4.74 Å². The number of hydrogen-bond acceptors (Lipinski definition) is 7. The van der Waals surface area contributed by atoms with Crippen molar-refractivity contribution in [3.63, 3.8) is 0 Å². The summed E-state index contributed by atoms with van der Waals surface area (Å²) in [4.78, 5) is 40.0. The van der Waals surface area contributed by atoms with Crippen LogP contribution in [-0.4, -0.2) is 101 Å². The van der Waals surface area contributed by atoms with Gasteiger partial charge in [-0.2, -0.15) is 0 Å². The zero-order chi connectivity index (χ0) is 28.9. The molecule has 2 fully saturated rings. The van der Waals surface area contributed by atoms with Crippen molar-refractivity contribution >= 4 is 23.3 Å². The van der Waals surface area contributed by atoms with Crippen LogP contribution in [-0.2, 0) is 28.9 Å². The molecule has 41 heavy (non-hydrogen) atoms. The van der Waals surface area contributed by atoms with Crippen LogP contribution >= 0.6 is 0 Å². The topological polar surface area (TPSA) is 86.2 Å². The molecule has 2 aromatic heterocycles. The number of aromatic nitrogens is 2. The first-order chi connectivity index (χ1) is 19.6. The van der Waals surface area contributed by atoms with Crippen molar-refractivity contribution in [2.45, 2.75) is 59.3 Å². The Morgan fingerprint density at radius 2 is 1.90 bits per heavy atom. The Bertz CT molecular complexity index is 1340. The number of allylic oxidation sites excluding steroid dienone is 1. The van der Waals surface area contributed by atoms with E-state index in [1.165, 1.54) is 11.3 Å². The van der Waals surface area contributed by atoms with E-state index in [9.17, 15) is 9.59 Å². The monoisotopic (exact) mass is 561 g/mol. The fraction of sp³-hybridized carbons (Fsp3) is 0.581. The van der Waals surface area contributed by atoms with E-state index in [2.05, 4.69) is 50.6 Å². The van der Waals surface area contributed by atoms with Crippen LogP contribution < -0.4 is 10.2 Å². The van der Waals surface area contributed by atoms with Crippen molar-refractivity contribution in [2.24, 2.45) is 5.41 Å². The van der Waals surface area contributed by atoms with Crippen LogP contribution in [0.5, 0.6) is 0 Å². The zero-order valence-electron chi connectivity index (χ0n) is 25.0. The Labute approximate surface area is 242 Å². The maximum absolute atomic E-state index is 13.5. The molecule has 4 aliphatic rings. The summed E-state index contributed by atoms with van der Waals surface area (Å²) in [5.41, 5.74) is 5.12. The summed E-state index contributed by atoms with van der Waals surface area (Å²) in [6, 6.07) is 6.63.